The molecule has 0 aliphatic carbocycles. The first kappa shape index (κ1) is 22.2. The van der Waals surface area contributed by atoms with E-state index in [1.165, 1.54) is 44.9 Å². The van der Waals surface area contributed by atoms with E-state index < -0.39 is 5.97 Å². The van der Waals surface area contributed by atoms with Crippen LogP contribution >= 0.6 is 0 Å². The summed E-state index contributed by atoms with van der Waals surface area (Å²) in [4.78, 5) is 10.3. The van der Waals surface area contributed by atoms with Crippen LogP contribution in [-0.2, 0) is 4.79 Å². The fraction of sp³-hybridized carbons (Fsp3) is 0.737. The lowest BCUT2D eigenvalue weighted by Crippen LogP contribution is -1.93. The molecule has 1 N–H and O–H groups in total. The van der Waals surface area contributed by atoms with Gasteiger partial charge in [-0.2, -0.15) is 0 Å². The molecule has 0 aliphatic heterocycles. The topological polar surface area (TPSA) is 37.3 Å². The maximum atomic E-state index is 10.3. The summed E-state index contributed by atoms with van der Waals surface area (Å²) in [6.45, 7) is 2.23. The van der Waals surface area contributed by atoms with E-state index in [9.17, 15) is 4.79 Å². The number of hydrogen-bond donors (Lipinski definition) is 1. The zero-order valence-corrected chi connectivity index (χ0v) is 13.2. The van der Waals surface area contributed by atoms with Crippen LogP contribution in [0.1, 0.15) is 91.4 Å². The molecule has 0 fully saturated rings. The summed E-state index contributed by atoms with van der Waals surface area (Å²) in [6.07, 6.45) is 22.3. The number of hydrogen-bond acceptors (Lipinski definition) is 1. The van der Waals surface area contributed by atoms with Crippen molar-refractivity contribution in [1.82, 2.24) is 0 Å². The van der Waals surface area contributed by atoms with Crippen LogP contribution in [0.15, 0.2) is 24.3 Å². The summed E-state index contributed by atoms with van der Waals surface area (Å²) in [7, 11) is 0. The number of unbranched alkanes of at least 4 members (excludes halogenated alkanes) is 8. The molecule has 0 aromatic heterocycles. The van der Waals surface area contributed by atoms with Gasteiger partial charge in [0.1, 0.15) is 0 Å². The second-order valence-electron chi connectivity index (χ2n) is 5.37. The minimum atomic E-state index is -0.671. The normalized spacial score (nSPS) is 11.1. The van der Waals surface area contributed by atoms with Crippen LogP contribution in [0.2, 0.25) is 0 Å². The van der Waals surface area contributed by atoms with Gasteiger partial charge in [-0.05, 0) is 38.5 Å². The highest BCUT2D eigenvalue weighted by atomic mass is 16.4. The first-order chi connectivity index (χ1) is 9.77. The van der Waals surface area contributed by atoms with Gasteiger partial charge >= 0.3 is 5.97 Å². The van der Waals surface area contributed by atoms with Crippen LogP contribution in [0.3, 0.4) is 0 Å². The molecule has 0 rings (SSSR count). The lowest BCUT2D eigenvalue weighted by atomic mass is 10.1. The van der Waals surface area contributed by atoms with Crippen molar-refractivity contribution in [2.24, 2.45) is 0 Å². The smallest absolute Gasteiger partial charge is 0.303 e. The van der Waals surface area contributed by atoms with E-state index in [1.807, 2.05) is 0 Å². The SMILES string of the molecule is C.CCCCC/C=C/C/C=C/CCCCCCCC(=O)O. The maximum absolute atomic E-state index is 10.3. The average molecular weight is 296 g/mol. The Bertz CT molecular complexity index is 267. The molecule has 0 radical (unpaired) electrons. The lowest BCUT2D eigenvalue weighted by Gasteiger charge is -1.98. The molecule has 0 aromatic carbocycles. The highest BCUT2D eigenvalue weighted by Crippen LogP contribution is 2.08. The summed E-state index contributed by atoms with van der Waals surface area (Å²) in [5, 5.41) is 8.50. The fourth-order valence-corrected chi connectivity index (χ4v) is 2.09. The highest BCUT2D eigenvalue weighted by Gasteiger charge is 1.95. The Labute approximate surface area is 132 Å². The largest absolute Gasteiger partial charge is 0.481 e. The lowest BCUT2D eigenvalue weighted by molar-refractivity contribution is -0.137. The van der Waals surface area contributed by atoms with E-state index in [0.29, 0.717) is 6.42 Å². The van der Waals surface area contributed by atoms with Gasteiger partial charge in [0, 0.05) is 6.42 Å². The van der Waals surface area contributed by atoms with E-state index in [1.54, 1.807) is 0 Å². The summed E-state index contributed by atoms with van der Waals surface area (Å²) in [6, 6.07) is 0. The zero-order chi connectivity index (χ0) is 14.9. The maximum Gasteiger partial charge on any atom is 0.303 e. The van der Waals surface area contributed by atoms with E-state index >= 15 is 0 Å². The van der Waals surface area contributed by atoms with Crippen LogP contribution < -0.4 is 0 Å². The number of carboxylic acids is 1. The minimum absolute atomic E-state index is 0. The monoisotopic (exact) mass is 296 g/mol. The molecular weight excluding hydrogens is 260 g/mol. The van der Waals surface area contributed by atoms with Gasteiger partial charge in [0.05, 0.1) is 0 Å². The van der Waals surface area contributed by atoms with Gasteiger partial charge in [-0.15, -0.1) is 0 Å². The standard InChI is InChI=1S/C18H32O2.CH4/c1-2-3-4-5-6-7-8-9-10-11-12-13-14-15-16-17-18(19)20;/h6-7,9-10H,2-5,8,11-17H2,1H3,(H,19,20);1H4/b7-6+,10-9+;. The predicted molar refractivity (Wildman–Crippen MR) is 93.7 cm³/mol. The number of carbonyl (C=O) groups is 1. The van der Waals surface area contributed by atoms with Crippen molar-refractivity contribution in [3.63, 3.8) is 0 Å². The average Bonchev–Trinajstić information content (AvgIpc) is 2.43. The molecule has 21 heavy (non-hydrogen) atoms. The van der Waals surface area contributed by atoms with Crippen LogP contribution in [0.4, 0.5) is 0 Å². The number of carboxylic acid groups (broad SMARTS) is 1. The van der Waals surface area contributed by atoms with E-state index in [0.717, 1.165) is 25.7 Å². The van der Waals surface area contributed by atoms with Crippen molar-refractivity contribution in [3.05, 3.63) is 24.3 Å². The van der Waals surface area contributed by atoms with Gasteiger partial charge in [0.25, 0.3) is 0 Å². The van der Waals surface area contributed by atoms with Crippen LogP contribution in [0, 0.1) is 0 Å². The molecule has 0 aromatic rings. The number of aliphatic carboxylic acids is 1. The van der Waals surface area contributed by atoms with Gasteiger partial charge in [-0.25, -0.2) is 0 Å². The van der Waals surface area contributed by atoms with Crippen molar-refractivity contribution < 1.29 is 9.90 Å². The van der Waals surface area contributed by atoms with Gasteiger partial charge in [-0.1, -0.05) is 70.8 Å². The Hall–Kier alpha value is -1.05. The quantitative estimate of drug-likeness (QED) is 0.292. The highest BCUT2D eigenvalue weighted by molar-refractivity contribution is 5.66. The Balaban J connectivity index is 0. The molecule has 0 unspecified atom stereocenters. The summed E-state index contributed by atoms with van der Waals surface area (Å²) in [5.41, 5.74) is 0. The summed E-state index contributed by atoms with van der Waals surface area (Å²) in [5.74, 6) is -0.671. The molecule has 0 bridgehead atoms. The van der Waals surface area contributed by atoms with Crippen molar-refractivity contribution in [1.29, 1.82) is 0 Å². The number of allylic oxidation sites excluding steroid dienone is 4. The molecule has 0 aliphatic rings. The summed E-state index contributed by atoms with van der Waals surface area (Å²) < 4.78 is 0. The third-order valence-corrected chi connectivity index (χ3v) is 3.34. The van der Waals surface area contributed by atoms with Crippen molar-refractivity contribution in [2.75, 3.05) is 0 Å². The molecule has 2 heteroatoms. The van der Waals surface area contributed by atoms with Gasteiger partial charge in [0.15, 0.2) is 0 Å². The van der Waals surface area contributed by atoms with Crippen LogP contribution in [-0.4, -0.2) is 11.1 Å². The van der Waals surface area contributed by atoms with Gasteiger partial charge in [-0.3, -0.25) is 4.79 Å². The second kappa shape index (κ2) is 18.9. The van der Waals surface area contributed by atoms with Crippen molar-refractivity contribution >= 4 is 5.97 Å². The van der Waals surface area contributed by atoms with Crippen molar-refractivity contribution in [3.8, 4) is 0 Å². The van der Waals surface area contributed by atoms with E-state index in [2.05, 4.69) is 31.2 Å². The van der Waals surface area contributed by atoms with E-state index in [4.69, 9.17) is 5.11 Å². The molecule has 0 saturated heterocycles. The zero-order valence-electron chi connectivity index (χ0n) is 13.2. The van der Waals surface area contributed by atoms with Gasteiger partial charge < -0.3 is 5.11 Å². The molecule has 2 nitrogen and oxygen atoms in total. The first-order valence-electron chi connectivity index (χ1n) is 8.29. The molecule has 0 atom stereocenters. The number of rotatable bonds is 14. The summed E-state index contributed by atoms with van der Waals surface area (Å²) >= 11 is 0. The Morgan fingerprint density at radius 1 is 0.810 bits per heavy atom. The molecule has 0 spiro atoms. The Kier molecular flexibility index (Phi) is 20.1. The molecule has 0 amide bonds. The van der Waals surface area contributed by atoms with Crippen molar-refractivity contribution in [2.45, 2.75) is 91.4 Å². The van der Waals surface area contributed by atoms with E-state index in [-0.39, 0.29) is 7.43 Å². The van der Waals surface area contributed by atoms with Gasteiger partial charge in [0.2, 0.25) is 0 Å². The Morgan fingerprint density at radius 3 is 1.90 bits per heavy atom. The third kappa shape index (κ3) is 21.4. The molecule has 124 valence electrons. The second-order valence-corrected chi connectivity index (χ2v) is 5.37. The Morgan fingerprint density at radius 2 is 1.33 bits per heavy atom. The van der Waals surface area contributed by atoms with Crippen LogP contribution in [0.25, 0.3) is 0 Å². The van der Waals surface area contributed by atoms with Crippen LogP contribution in [0.5, 0.6) is 0 Å². The third-order valence-electron chi connectivity index (χ3n) is 3.34. The molecule has 0 saturated carbocycles. The predicted octanol–water partition coefficient (Wildman–Crippen LogP) is 6.52. The fourth-order valence-electron chi connectivity index (χ4n) is 2.09. The minimum Gasteiger partial charge on any atom is -0.481 e. The molecular formula is C19H36O2. The molecule has 0 heterocycles. The first-order valence-corrected chi connectivity index (χ1v) is 8.29.